The molecular formula is C19H24N2O. The quantitative estimate of drug-likeness (QED) is 0.884. The van der Waals surface area contributed by atoms with Crippen molar-refractivity contribution >= 4 is 11.6 Å². The third-order valence-corrected chi connectivity index (χ3v) is 3.84. The Morgan fingerprint density at radius 2 is 1.73 bits per heavy atom. The van der Waals surface area contributed by atoms with Gasteiger partial charge in [0.25, 0.3) is 0 Å². The van der Waals surface area contributed by atoms with E-state index in [1.807, 2.05) is 49.2 Å². The van der Waals surface area contributed by atoms with Crippen LogP contribution >= 0.6 is 0 Å². The number of likely N-dealkylation sites (N-methyl/N-ethyl adjacent to an activating group) is 1. The average molecular weight is 296 g/mol. The van der Waals surface area contributed by atoms with Crippen molar-refractivity contribution in [2.24, 2.45) is 0 Å². The normalized spacial score (nSPS) is 11.8. The molecule has 0 saturated carbocycles. The van der Waals surface area contributed by atoms with Gasteiger partial charge in [-0.15, -0.1) is 0 Å². The highest BCUT2D eigenvalue weighted by Crippen LogP contribution is 2.14. The molecule has 0 fully saturated rings. The summed E-state index contributed by atoms with van der Waals surface area (Å²) in [5, 5.41) is 3.05. The molecule has 0 heterocycles. The van der Waals surface area contributed by atoms with Crippen molar-refractivity contribution in [3.8, 4) is 0 Å². The number of nitrogens with one attached hydrogen (secondary N) is 1. The fraction of sp³-hybridized carbons (Fsp3) is 0.316. The second-order valence-electron chi connectivity index (χ2n) is 5.58. The third-order valence-electron chi connectivity index (χ3n) is 3.84. The number of nitrogens with zero attached hydrogens (tertiary/aromatic N) is 1. The minimum Gasteiger partial charge on any atom is -0.365 e. The molecule has 1 unspecified atom stereocenters. The number of anilines is 1. The van der Waals surface area contributed by atoms with Crippen LogP contribution in [0.3, 0.4) is 0 Å². The maximum Gasteiger partial charge on any atom is 0.239 e. The van der Waals surface area contributed by atoms with Crippen molar-refractivity contribution in [1.82, 2.24) is 5.32 Å². The van der Waals surface area contributed by atoms with Crippen LogP contribution in [0.25, 0.3) is 0 Å². The van der Waals surface area contributed by atoms with Gasteiger partial charge in [0.2, 0.25) is 5.91 Å². The van der Waals surface area contributed by atoms with Gasteiger partial charge in [-0.1, -0.05) is 49.4 Å². The summed E-state index contributed by atoms with van der Waals surface area (Å²) in [5.41, 5.74) is 3.48. The highest BCUT2D eigenvalue weighted by molar-refractivity contribution is 5.81. The van der Waals surface area contributed by atoms with E-state index in [0.29, 0.717) is 6.54 Å². The molecule has 0 saturated heterocycles. The summed E-state index contributed by atoms with van der Waals surface area (Å²) in [4.78, 5) is 14.1. The van der Waals surface area contributed by atoms with Gasteiger partial charge < -0.3 is 10.2 Å². The standard InChI is InChI=1S/C19H24N2O/c1-4-16-10-12-17(13-11-16)15(2)20-19(22)14-21(3)18-8-6-5-7-9-18/h5-13,15H,4,14H2,1-3H3,(H,20,22). The highest BCUT2D eigenvalue weighted by atomic mass is 16.2. The summed E-state index contributed by atoms with van der Waals surface area (Å²) in [5.74, 6) is 0.0263. The molecule has 0 radical (unpaired) electrons. The number of hydrogen-bond donors (Lipinski definition) is 1. The average Bonchev–Trinajstić information content (AvgIpc) is 2.55. The second-order valence-corrected chi connectivity index (χ2v) is 5.58. The Morgan fingerprint density at radius 1 is 1.09 bits per heavy atom. The number of benzene rings is 2. The zero-order chi connectivity index (χ0) is 15.9. The first-order valence-electron chi connectivity index (χ1n) is 7.74. The number of aryl methyl sites for hydroxylation is 1. The van der Waals surface area contributed by atoms with E-state index < -0.39 is 0 Å². The molecular weight excluding hydrogens is 272 g/mol. The SMILES string of the molecule is CCc1ccc(C(C)NC(=O)CN(C)c2ccccc2)cc1. The molecule has 2 aromatic carbocycles. The minimum absolute atomic E-state index is 0.0163. The summed E-state index contributed by atoms with van der Waals surface area (Å²) in [6.45, 7) is 4.50. The molecule has 1 atom stereocenters. The van der Waals surface area contributed by atoms with Crippen LogP contribution < -0.4 is 10.2 Å². The number of amides is 1. The van der Waals surface area contributed by atoms with Gasteiger partial charge in [0.1, 0.15) is 0 Å². The van der Waals surface area contributed by atoms with E-state index in [4.69, 9.17) is 0 Å². The highest BCUT2D eigenvalue weighted by Gasteiger charge is 2.11. The third kappa shape index (κ3) is 4.35. The van der Waals surface area contributed by atoms with Crippen molar-refractivity contribution in [1.29, 1.82) is 0 Å². The van der Waals surface area contributed by atoms with Crippen LogP contribution in [0.15, 0.2) is 54.6 Å². The van der Waals surface area contributed by atoms with Gasteiger partial charge in [-0.2, -0.15) is 0 Å². The van der Waals surface area contributed by atoms with E-state index in [2.05, 4.69) is 36.5 Å². The van der Waals surface area contributed by atoms with Crippen molar-refractivity contribution in [3.05, 3.63) is 65.7 Å². The molecule has 1 N–H and O–H groups in total. The van der Waals surface area contributed by atoms with E-state index >= 15 is 0 Å². The van der Waals surface area contributed by atoms with Gasteiger partial charge in [-0.25, -0.2) is 0 Å². The van der Waals surface area contributed by atoms with Gasteiger partial charge in [-0.05, 0) is 36.6 Å². The van der Waals surface area contributed by atoms with Gasteiger partial charge in [0.05, 0.1) is 12.6 Å². The van der Waals surface area contributed by atoms with Crippen LogP contribution in [-0.2, 0) is 11.2 Å². The molecule has 3 heteroatoms. The zero-order valence-electron chi connectivity index (χ0n) is 13.5. The van der Waals surface area contributed by atoms with E-state index in [1.165, 1.54) is 5.56 Å². The topological polar surface area (TPSA) is 32.3 Å². The number of para-hydroxylation sites is 1. The summed E-state index contributed by atoms with van der Waals surface area (Å²) in [6, 6.07) is 18.4. The lowest BCUT2D eigenvalue weighted by Crippen LogP contribution is -2.36. The zero-order valence-corrected chi connectivity index (χ0v) is 13.5. The maximum atomic E-state index is 12.2. The van der Waals surface area contributed by atoms with Gasteiger partial charge >= 0.3 is 0 Å². The molecule has 22 heavy (non-hydrogen) atoms. The van der Waals surface area contributed by atoms with Crippen molar-refractivity contribution in [3.63, 3.8) is 0 Å². The molecule has 0 aliphatic heterocycles. The molecule has 0 spiro atoms. The molecule has 1 amide bonds. The van der Waals surface area contributed by atoms with Crippen LogP contribution in [-0.4, -0.2) is 19.5 Å². The maximum absolute atomic E-state index is 12.2. The lowest BCUT2D eigenvalue weighted by molar-refractivity contribution is -0.120. The van der Waals surface area contributed by atoms with Gasteiger partial charge in [0, 0.05) is 12.7 Å². The number of hydrogen-bond acceptors (Lipinski definition) is 2. The van der Waals surface area contributed by atoms with Crippen LogP contribution in [0.2, 0.25) is 0 Å². The van der Waals surface area contributed by atoms with Gasteiger partial charge in [0.15, 0.2) is 0 Å². The number of rotatable bonds is 6. The van der Waals surface area contributed by atoms with Crippen LogP contribution in [0, 0.1) is 0 Å². The Labute approximate surface area is 133 Å². The molecule has 3 nitrogen and oxygen atoms in total. The molecule has 0 aromatic heterocycles. The van der Waals surface area contributed by atoms with Crippen LogP contribution in [0.1, 0.15) is 31.0 Å². The van der Waals surface area contributed by atoms with E-state index in [9.17, 15) is 4.79 Å². The second kappa shape index (κ2) is 7.64. The monoisotopic (exact) mass is 296 g/mol. The lowest BCUT2D eigenvalue weighted by Gasteiger charge is -2.21. The predicted octanol–water partition coefficient (Wildman–Crippen LogP) is 3.56. The lowest BCUT2D eigenvalue weighted by atomic mass is 10.1. The predicted molar refractivity (Wildman–Crippen MR) is 92.1 cm³/mol. The van der Waals surface area contributed by atoms with E-state index in [1.54, 1.807) is 0 Å². The van der Waals surface area contributed by atoms with Gasteiger partial charge in [-0.3, -0.25) is 4.79 Å². The summed E-state index contributed by atoms with van der Waals surface area (Å²) in [7, 11) is 1.93. The Balaban J connectivity index is 1.90. The molecule has 0 aliphatic rings. The number of carbonyl (C=O) groups excluding carboxylic acids is 1. The first kappa shape index (κ1) is 16.1. The fourth-order valence-corrected chi connectivity index (χ4v) is 2.40. The Morgan fingerprint density at radius 3 is 2.32 bits per heavy atom. The Bertz CT molecular complexity index is 593. The van der Waals surface area contributed by atoms with Crippen molar-refractivity contribution in [2.75, 3.05) is 18.5 Å². The Kier molecular flexibility index (Phi) is 5.59. The molecule has 0 aliphatic carbocycles. The van der Waals surface area contributed by atoms with E-state index in [0.717, 1.165) is 17.7 Å². The smallest absolute Gasteiger partial charge is 0.239 e. The van der Waals surface area contributed by atoms with Crippen LogP contribution in [0.5, 0.6) is 0 Å². The molecule has 0 bridgehead atoms. The molecule has 116 valence electrons. The summed E-state index contributed by atoms with van der Waals surface area (Å²) in [6.07, 6.45) is 1.03. The Hall–Kier alpha value is -2.29. The van der Waals surface area contributed by atoms with Crippen molar-refractivity contribution in [2.45, 2.75) is 26.3 Å². The van der Waals surface area contributed by atoms with Crippen molar-refractivity contribution < 1.29 is 4.79 Å². The minimum atomic E-state index is 0.0163. The largest absolute Gasteiger partial charge is 0.365 e. The molecule has 2 rings (SSSR count). The fourth-order valence-electron chi connectivity index (χ4n) is 2.40. The summed E-state index contributed by atoms with van der Waals surface area (Å²) < 4.78 is 0. The summed E-state index contributed by atoms with van der Waals surface area (Å²) >= 11 is 0. The first-order chi connectivity index (χ1) is 10.6. The van der Waals surface area contributed by atoms with Crippen LogP contribution in [0.4, 0.5) is 5.69 Å². The number of carbonyl (C=O) groups is 1. The van der Waals surface area contributed by atoms with E-state index in [-0.39, 0.29) is 11.9 Å². The first-order valence-corrected chi connectivity index (χ1v) is 7.74. The molecule has 2 aromatic rings.